The van der Waals surface area contributed by atoms with E-state index in [1.165, 1.54) is 0 Å². The number of rotatable bonds is 6. The van der Waals surface area contributed by atoms with Gasteiger partial charge in [-0.2, -0.15) is 0 Å². The first-order chi connectivity index (χ1) is 11.8. The molecule has 0 spiro atoms. The standard InChI is InChI=1S/C16H16N2O6S/c1-12-5-3-4-6-15(12)17(11-16(19)24-2)25(22,23)14-9-7-13(8-10-14)18(20)21/h3-10H,11H2,1-2H3. The average molecular weight is 364 g/mol. The highest BCUT2D eigenvalue weighted by Gasteiger charge is 2.28. The third-order valence-electron chi connectivity index (χ3n) is 3.52. The van der Waals surface area contributed by atoms with E-state index < -0.39 is 27.5 Å². The van der Waals surface area contributed by atoms with Crippen molar-refractivity contribution in [2.75, 3.05) is 18.0 Å². The van der Waals surface area contributed by atoms with Crippen LogP contribution in [0.4, 0.5) is 11.4 Å². The number of non-ortho nitro benzene ring substituents is 1. The quantitative estimate of drug-likeness (QED) is 0.442. The van der Waals surface area contributed by atoms with Crippen LogP contribution in [0.15, 0.2) is 53.4 Å². The highest BCUT2D eigenvalue weighted by molar-refractivity contribution is 7.92. The number of ether oxygens (including phenoxy) is 1. The fraction of sp³-hybridized carbons (Fsp3) is 0.188. The molecule has 2 aromatic carbocycles. The molecular formula is C16H16N2O6S. The van der Waals surface area contributed by atoms with E-state index in [2.05, 4.69) is 4.74 Å². The predicted molar refractivity (Wildman–Crippen MR) is 90.8 cm³/mol. The van der Waals surface area contributed by atoms with Crippen LogP contribution in [0, 0.1) is 17.0 Å². The van der Waals surface area contributed by atoms with Gasteiger partial charge in [-0.05, 0) is 30.7 Å². The van der Waals surface area contributed by atoms with Gasteiger partial charge >= 0.3 is 5.97 Å². The van der Waals surface area contributed by atoms with Crippen molar-refractivity contribution >= 4 is 27.4 Å². The smallest absolute Gasteiger partial charge is 0.326 e. The van der Waals surface area contributed by atoms with Crippen molar-refractivity contribution in [1.82, 2.24) is 0 Å². The molecule has 8 nitrogen and oxygen atoms in total. The number of nitro groups is 1. The van der Waals surface area contributed by atoms with Crippen LogP contribution in [0.1, 0.15) is 5.56 Å². The van der Waals surface area contributed by atoms with Gasteiger partial charge in [0.05, 0.1) is 22.6 Å². The number of sulfonamides is 1. The van der Waals surface area contributed by atoms with E-state index in [1.807, 2.05) is 0 Å². The highest BCUT2D eigenvalue weighted by Crippen LogP contribution is 2.27. The Morgan fingerprint density at radius 3 is 2.28 bits per heavy atom. The molecule has 0 aromatic heterocycles. The first-order valence-electron chi connectivity index (χ1n) is 7.17. The van der Waals surface area contributed by atoms with Crippen LogP contribution in [-0.2, 0) is 19.6 Å². The minimum atomic E-state index is -4.11. The van der Waals surface area contributed by atoms with Gasteiger partial charge in [0.25, 0.3) is 15.7 Å². The molecule has 0 unspecified atom stereocenters. The third kappa shape index (κ3) is 3.94. The summed E-state index contributed by atoms with van der Waals surface area (Å²) < 4.78 is 31.4. The second-order valence-corrected chi connectivity index (χ2v) is 6.99. The van der Waals surface area contributed by atoms with Gasteiger partial charge in [0, 0.05) is 12.1 Å². The maximum atomic E-state index is 13.0. The van der Waals surface area contributed by atoms with Gasteiger partial charge in [0.15, 0.2) is 0 Å². The molecule has 0 aliphatic heterocycles. The third-order valence-corrected chi connectivity index (χ3v) is 5.29. The lowest BCUT2D eigenvalue weighted by molar-refractivity contribution is -0.384. The molecule has 0 radical (unpaired) electrons. The summed E-state index contributed by atoms with van der Waals surface area (Å²) >= 11 is 0. The SMILES string of the molecule is COC(=O)CN(c1ccccc1C)S(=O)(=O)c1ccc([N+](=O)[O-])cc1. The van der Waals surface area contributed by atoms with Gasteiger partial charge in [-0.25, -0.2) is 8.42 Å². The summed E-state index contributed by atoms with van der Waals surface area (Å²) in [5.74, 6) is -0.728. The number of carbonyl (C=O) groups excluding carboxylic acids is 1. The maximum absolute atomic E-state index is 13.0. The van der Waals surface area contributed by atoms with Crippen molar-refractivity contribution < 1.29 is 22.9 Å². The van der Waals surface area contributed by atoms with E-state index in [1.54, 1.807) is 31.2 Å². The van der Waals surface area contributed by atoms with Crippen LogP contribution in [0.25, 0.3) is 0 Å². The molecule has 0 aliphatic rings. The molecule has 0 atom stereocenters. The Bertz CT molecular complexity index is 893. The zero-order valence-corrected chi connectivity index (χ0v) is 14.4. The Morgan fingerprint density at radius 1 is 1.16 bits per heavy atom. The number of methoxy groups -OCH3 is 1. The number of para-hydroxylation sites is 1. The average Bonchev–Trinajstić information content (AvgIpc) is 2.60. The molecule has 0 aliphatic carbocycles. The molecule has 132 valence electrons. The van der Waals surface area contributed by atoms with Crippen molar-refractivity contribution in [2.45, 2.75) is 11.8 Å². The molecule has 9 heteroatoms. The Balaban J connectivity index is 2.53. The normalized spacial score (nSPS) is 11.0. The van der Waals surface area contributed by atoms with Gasteiger partial charge in [-0.3, -0.25) is 19.2 Å². The van der Waals surface area contributed by atoms with E-state index in [0.717, 1.165) is 35.7 Å². The van der Waals surface area contributed by atoms with Crippen LogP contribution < -0.4 is 4.31 Å². The summed E-state index contributed by atoms with van der Waals surface area (Å²) in [5, 5.41) is 10.7. The van der Waals surface area contributed by atoms with Crippen molar-refractivity contribution in [1.29, 1.82) is 0 Å². The fourth-order valence-corrected chi connectivity index (χ4v) is 3.67. The molecule has 0 fully saturated rings. The van der Waals surface area contributed by atoms with Gasteiger partial charge in [-0.15, -0.1) is 0 Å². The van der Waals surface area contributed by atoms with Gasteiger partial charge in [0.2, 0.25) is 0 Å². The van der Waals surface area contributed by atoms with Gasteiger partial charge < -0.3 is 4.74 Å². The molecular weight excluding hydrogens is 348 g/mol. The minimum absolute atomic E-state index is 0.162. The molecule has 2 rings (SSSR count). The summed E-state index contributed by atoms with van der Waals surface area (Å²) in [6.45, 7) is 1.20. The molecule has 0 saturated heterocycles. The molecule has 0 heterocycles. The number of aryl methyl sites for hydroxylation is 1. The minimum Gasteiger partial charge on any atom is -0.468 e. The second kappa shape index (κ2) is 7.31. The van der Waals surface area contributed by atoms with Crippen LogP contribution >= 0.6 is 0 Å². The lowest BCUT2D eigenvalue weighted by Crippen LogP contribution is -2.36. The summed E-state index contributed by atoms with van der Waals surface area (Å²) in [6.07, 6.45) is 0. The van der Waals surface area contributed by atoms with Crippen LogP contribution in [0.5, 0.6) is 0 Å². The number of hydrogen-bond acceptors (Lipinski definition) is 6. The van der Waals surface area contributed by atoms with E-state index in [-0.39, 0.29) is 10.6 Å². The Labute approximate surface area is 144 Å². The molecule has 0 amide bonds. The zero-order chi connectivity index (χ0) is 18.6. The summed E-state index contributed by atoms with van der Waals surface area (Å²) in [7, 11) is -2.95. The zero-order valence-electron chi connectivity index (χ0n) is 13.6. The molecule has 0 bridgehead atoms. The number of nitro benzene ring substituents is 1. The van der Waals surface area contributed by atoms with E-state index >= 15 is 0 Å². The number of nitrogens with zero attached hydrogens (tertiary/aromatic N) is 2. The monoisotopic (exact) mass is 364 g/mol. The molecule has 0 saturated carbocycles. The highest BCUT2D eigenvalue weighted by atomic mass is 32.2. The second-order valence-electron chi connectivity index (χ2n) is 5.13. The van der Waals surface area contributed by atoms with E-state index in [9.17, 15) is 23.3 Å². The molecule has 25 heavy (non-hydrogen) atoms. The molecule has 2 aromatic rings. The van der Waals surface area contributed by atoms with Gasteiger partial charge in [0.1, 0.15) is 6.54 Å². The Hall–Kier alpha value is -2.94. The van der Waals surface area contributed by atoms with Crippen LogP contribution in [0.2, 0.25) is 0 Å². The first-order valence-corrected chi connectivity index (χ1v) is 8.61. The number of hydrogen-bond donors (Lipinski definition) is 0. The van der Waals surface area contributed by atoms with Crippen LogP contribution in [0.3, 0.4) is 0 Å². The number of carbonyl (C=O) groups is 1. The van der Waals surface area contributed by atoms with Crippen LogP contribution in [-0.4, -0.2) is 33.0 Å². The lowest BCUT2D eigenvalue weighted by atomic mass is 10.2. The predicted octanol–water partition coefficient (Wildman–Crippen LogP) is 2.27. The largest absolute Gasteiger partial charge is 0.468 e. The van der Waals surface area contributed by atoms with Crippen molar-refractivity contribution in [3.8, 4) is 0 Å². The summed E-state index contributed by atoms with van der Waals surface area (Å²) in [6, 6.07) is 11.1. The molecule has 0 N–H and O–H groups in total. The van der Waals surface area contributed by atoms with Gasteiger partial charge in [-0.1, -0.05) is 18.2 Å². The number of anilines is 1. The summed E-state index contributed by atoms with van der Waals surface area (Å²) in [4.78, 5) is 21.7. The lowest BCUT2D eigenvalue weighted by Gasteiger charge is -2.24. The van der Waals surface area contributed by atoms with Crippen molar-refractivity contribution in [3.63, 3.8) is 0 Å². The van der Waals surface area contributed by atoms with Crippen molar-refractivity contribution in [2.24, 2.45) is 0 Å². The number of benzene rings is 2. The van der Waals surface area contributed by atoms with E-state index in [4.69, 9.17) is 0 Å². The van der Waals surface area contributed by atoms with E-state index in [0.29, 0.717) is 11.3 Å². The Kier molecular flexibility index (Phi) is 5.38. The first kappa shape index (κ1) is 18.4. The Morgan fingerprint density at radius 2 is 1.76 bits per heavy atom. The van der Waals surface area contributed by atoms with Crippen molar-refractivity contribution in [3.05, 3.63) is 64.2 Å². The topological polar surface area (TPSA) is 107 Å². The fourth-order valence-electron chi connectivity index (χ4n) is 2.19. The number of esters is 1. The summed E-state index contributed by atoms with van der Waals surface area (Å²) in [5.41, 5.74) is 0.748. The maximum Gasteiger partial charge on any atom is 0.326 e.